The molecule has 0 aliphatic rings. The van der Waals surface area contributed by atoms with E-state index in [1.807, 2.05) is 19.0 Å². The number of nitrogens with zero attached hydrogens (tertiary/aromatic N) is 1. The van der Waals surface area contributed by atoms with Crippen molar-refractivity contribution in [3.63, 3.8) is 0 Å². The lowest BCUT2D eigenvalue weighted by atomic mass is 10.3. The number of carbonyl (C=O) groups is 1. The topological polar surface area (TPSA) is 29.5 Å². The molecule has 0 aliphatic carbocycles. The average Bonchev–Trinajstić information content (AvgIpc) is 1.86. The monoisotopic (exact) mass is 157 g/mol. The summed E-state index contributed by atoms with van der Waals surface area (Å²) >= 11 is 0. The molecule has 3 heteroatoms. The Balaban J connectivity index is 4.01. The summed E-state index contributed by atoms with van der Waals surface area (Å²) in [6, 6.07) is 0. The lowest BCUT2D eigenvalue weighted by molar-refractivity contribution is -0.138. The lowest BCUT2D eigenvalue weighted by Crippen LogP contribution is -2.10. The molecule has 0 aromatic heterocycles. The predicted octanol–water partition coefficient (Wildman–Crippen LogP) is 1.01. The Hall–Kier alpha value is -0.990. The fourth-order valence-corrected chi connectivity index (χ4v) is 0.685. The van der Waals surface area contributed by atoms with E-state index in [0.29, 0.717) is 12.2 Å². The summed E-state index contributed by atoms with van der Waals surface area (Å²) in [5.41, 5.74) is 0.622. The van der Waals surface area contributed by atoms with E-state index in [-0.39, 0.29) is 5.97 Å². The second-order valence-electron chi connectivity index (χ2n) is 2.50. The highest BCUT2D eigenvalue weighted by atomic mass is 16.5. The molecule has 64 valence electrons. The zero-order chi connectivity index (χ0) is 8.85. The van der Waals surface area contributed by atoms with Crippen LogP contribution in [0.5, 0.6) is 0 Å². The molecule has 3 nitrogen and oxygen atoms in total. The molecule has 0 rings (SSSR count). The van der Waals surface area contributed by atoms with E-state index in [9.17, 15) is 4.79 Å². The second kappa shape index (κ2) is 4.77. The number of hydrogen-bond donors (Lipinski definition) is 0. The number of ether oxygens (including phenoxy) is 1. The molecular weight excluding hydrogens is 142 g/mol. The number of esters is 1. The Bertz CT molecular complexity index is 161. The largest absolute Gasteiger partial charge is 0.463 e. The normalized spacial score (nSPS) is 11.1. The molecule has 11 heavy (non-hydrogen) atoms. The van der Waals surface area contributed by atoms with Gasteiger partial charge in [0.25, 0.3) is 0 Å². The van der Waals surface area contributed by atoms with Gasteiger partial charge in [0.2, 0.25) is 0 Å². The van der Waals surface area contributed by atoms with Crippen LogP contribution in [0, 0.1) is 0 Å². The van der Waals surface area contributed by atoms with Crippen molar-refractivity contribution in [3.8, 4) is 0 Å². The van der Waals surface area contributed by atoms with E-state index in [1.165, 1.54) is 0 Å². The second-order valence-corrected chi connectivity index (χ2v) is 2.50. The molecule has 0 amide bonds. The first-order valence-electron chi connectivity index (χ1n) is 3.60. The van der Waals surface area contributed by atoms with Gasteiger partial charge in [-0.15, -0.1) is 0 Å². The van der Waals surface area contributed by atoms with E-state index in [1.54, 1.807) is 20.0 Å². The van der Waals surface area contributed by atoms with Crippen molar-refractivity contribution < 1.29 is 9.53 Å². The predicted molar refractivity (Wildman–Crippen MR) is 44.1 cm³/mol. The third-order valence-electron chi connectivity index (χ3n) is 1.05. The molecule has 0 heterocycles. The smallest absolute Gasteiger partial charge is 0.335 e. The first-order valence-corrected chi connectivity index (χ1v) is 3.60. The van der Waals surface area contributed by atoms with Gasteiger partial charge in [0.05, 0.1) is 6.61 Å². The van der Waals surface area contributed by atoms with Gasteiger partial charge in [0.15, 0.2) is 0 Å². The summed E-state index contributed by atoms with van der Waals surface area (Å²) in [5.74, 6) is -0.249. The molecule has 0 N–H and O–H groups in total. The highest BCUT2D eigenvalue weighted by Gasteiger charge is 2.03. The molecule has 0 fully saturated rings. The van der Waals surface area contributed by atoms with Crippen LogP contribution in [0.2, 0.25) is 0 Å². The van der Waals surface area contributed by atoms with Crippen LogP contribution in [0.1, 0.15) is 13.8 Å². The van der Waals surface area contributed by atoms with Gasteiger partial charge in [-0.05, 0) is 13.8 Å². The summed E-state index contributed by atoms with van der Waals surface area (Å²) in [7, 11) is 3.73. The Morgan fingerprint density at radius 3 is 2.45 bits per heavy atom. The number of rotatable bonds is 3. The fourth-order valence-electron chi connectivity index (χ4n) is 0.685. The van der Waals surface area contributed by atoms with E-state index in [0.717, 1.165) is 0 Å². The molecule has 0 radical (unpaired) electrons. The molecule has 0 unspecified atom stereocenters. The van der Waals surface area contributed by atoms with Crippen LogP contribution in [-0.4, -0.2) is 31.6 Å². The zero-order valence-electron chi connectivity index (χ0n) is 7.55. The molecule has 0 saturated heterocycles. The van der Waals surface area contributed by atoms with Crippen LogP contribution >= 0.6 is 0 Å². The van der Waals surface area contributed by atoms with Gasteiger partial charge in [-0.1, -0.05) is 0 Å². The highest BCUT2D eigenvalue weighted by molar-refractivity contribution is 5.87. The van der Waals surface area contributed by atoms with Gasteiger partial charge in [0.1, 0.15) is 0 Å². The van der Waals surface area contributed by atoms with E-state index in [2.05, 4.69) is 0 Å². The minimum Gasteiger partial charge on any atom is -0.463 e. The molecule has 0 spiro atoms. The molecule has 0 aliphatic heterocycles. The first-order chi connectivity index (χ1) is 5.07. The first kappa shape index (κ1) is 10.0. The minimum atomic E-state index is -0.249. The Morgan fingerprint density at radius 1 is 1.55 bits per heavy atom. The third kappa shape index (κ3) is 4.42. The number of hydrogen-bond acceptors (Lipinski definition) is 3. The molecule has 0 aromatic carbocycles. The van der Waals surface area contributed by atoms with Crippen molar-refractivity contribution in [3.05, 3.63) is 11.8 Å². The van der Waals surface area contributed by atoms with Crippen molar-refractivity contribution in [1.82, 2.24) is 4.90 Å². The zero-order valence-corrected chi connectivity index (χ0v) is 7.55. The fraction of sp³-hybridized carbons (Fsp3) is 0.625. The van der Waals surface area contributed by atoms with Gasteiger partial charge in [-0.2, -0.15) is 0 Å². The molecule has 0 atom stereocenters. The van der Waals surface area contributed by atoms with Gasteiger partial charge in [0, 0.05) is 25.9 Å². The molecule has 0 saturated carbocycles. The van der Waals surface area contributed by atoms with Gasteiger partial charge < -0.3 is 9.64 Å². The van der Waals surface area contributed by atoms with Crippen LogP contribution < -0.4 is 0 Å². The average molecular weight is 157 g/mol. The molecular formula is C8H15NO2. The van der Waals surface area contributed by atoms with E-state index in [4.69, 9.17) is 4.74 Å². The maximum atomic E-state index is 11.0. The van der Waals surface area contributed by atoms with Crippen molar-refractivity contribution in [2.75, 3.05) is 20.7 Å². The molecule has 0 bridgehead atoms. The van der Waals surface area contributed by atoms with Crippen LogP contribution in [0.15, 0.2) is 11.8 Å². The van der Waals surface area contributed by atoms with Crippen molar-refractivity contribution in [1.29, 1.82) is 0 Å². The lowest BCUT2D eigenvalue weighted by Gasteiger charge is -2.06. The summed E-state index contributed by atoms with van der Waals surface area (Å²) in [5, 5.41) is 0. The standard InChI is InChI=1S/C8H15NO2/c1-5-11-8(10)7(2)6-9(3)4/h6H,5H2,1-4H3. The maximum Gasteiger partial charge on any atom is 0.335 e. The Kier molecular flexibility index (Phi) is 4.34. The quantitative estimate of drug-likeness (QED) is 0.452. The van der Waals surface area contributed by atoms with Crippen LogP contribution in [0.3, 0.4) is 0 Å². The maximum absolute atomic E-state index is 11.0. The summed E-state index contributed by atoms with van der Waals surface area (Å²) in [4.78, 5) is 12.8. The van der Waals surface area contributed by atoms with E-state index >= 15 is 0 Å². The Morgan fingerprint density at radius 2 is 2.09 bits per heavy atom. The Labute approximate surface area is 67.6 Å². The van der Waals surface area contributed by atoms with Crippen molar-refractivity contribution in [2.45, 2.75) is 13.8 Å². The van der Waals surface area contributed by atoms with Crippen LogP contribution in [0.25, 0.3) is 0 Å². The minimum absolute atomic E-state index is 0.249. The van der Waals surface area contributed by atoms with Gasteiger partial charge in [-0.25, -0.2) is 4.79 Å². The number of carbonyl (C=O) groups excluding carboxylic acids is 1. The van der Waals surface area contributed by atoms with Gasteiger partial charge >= 0.3 is 5.97 Å². The summed E-state index contributed by atoms with van der Waals surface area (Å²) in [6.07, 6.45) is 1.73. The van der Waals surface area contributed by atoms with Gasteiger partial charge in [-0.3, -0.25) is 0 Å². The molecule has 0 aromatic rings. The summed E-state index contributed by atoms with van der Waals surface area (Å²) in [6.45, 7) is 3.95. The highest BCUT2D eigenvalue weighted by Crippen LogP contribution is 1.96. The summed E-state index contributed by atoms with van der Waals surface area (Å²) < 4.78 is 4.77. The SMILES string of the molecule is CCOC(=O)C(C)=CN(C)C. The van der Waals surface area contributed by atoms with Crippen molar-refractivity contribution >= 4 is 5.97 Å². The van der Waals surface area contributed by atoms with Crippen LogP contribution in [0.4, 0.5) is 0 Å². The van der Waals surface area contributed by atoms with Crippen LogP contribution in [-0.2, 0) is 9.53 Å². The third-order valence-corrected chi connectivity index (χ3v) is 1.05. The van der Waals surface area contributed by atoms with Crippen molar-refractivity contribution in [2.24, 2.45) is 0 Å². The van der Waals surface area contributed by atoms with E-state index < -0.39 is 0 Å².